The Hall–Kier alpha value is -3.26. The maximum atomic E-state index is 12.7. The number of aliphatic hydroxyl groups excluding tert-OH is 1. The van der Waals surface area contributed by atoms with Gasteiger partial charge in [0.25, 0.3) is 0 Å². The van der Waals surface area contributed by atoms with Crippen LogP contribution in [0.2, 0.25) is 0 Å². The van der Waals surface area contributed by atoms with Gasteiger partial charge in [-0.25, -0.2) is 0 Å². The van der Waals surface area contributed by atoms with E-state index in [2.05, 4.69) is 44.4 Å². The van der Waals surface area contributed by atoms with E-state index in [-0.39, 0.29) is 18.0 Å². The molecule has 7 heteroatoms. The van der Waals surface area contributed by atoms with Gasteiger partial charge in [0.15, 0.2) is 0 Å². The normalized spacial score (nSPS) is 22.8. The Balaban J connectivity index is 1.13. The molecule has 0 radical (unpaired) electrons. The van der Waals surface area contributed by atoms with E-state index >= 15 is 0 Å². The Morgan fingerprint density at radius 1 is 1.03 bits per heavy atom. The highest BCUT2D eigenvalue weighted by Gasteiger charge is 2.49. The second-order valence-electron chi connectivity index (χ2n) is 9.48. The molecule has 35 heavy (non-hydrogen) atoms. The molecule has 3 aromatic rings. The first-order valence-corrected chi connectivity index (χ1v) is 12.3. The summed E-state index contributed by atoms with van der Waals surface area (Å²) in [5.74, 6) is 1.26. The number of aromatic nitrogens is 1. The molecule has 1 spiro atoms. The summed E-state index contributed by atoms with van der Waals surface area (Å²) in [5, 5.41) is 14.2. The first-order valence-electron chi connectivity index (χ1n) is 12.3. The highest BCUT2D eigenvalue weighted by Crippen LogP contribution is 2.39. The first kappa shape index (κ1) is 23.5. The molecular formula is C28H32N4O3. The van der Waals surface area contributed by atoms with E-state index in [1.165, 1.54) is 5.56 Å². The minimum absolute atomic E-state index is 0.0818. The Morgan fingerprint density at radius 3 is 2.60 bits per heavy atom. The predicted molar refractivity (Wildman–Crippen MR) is 135 cm³/mol. The van der Waals surface area contributed by atoms with Gasteiger partial charge >= 0.3 is 0 Å². The second-order valence-corrected chi connectivity index (χ2v) is 9.48. The molecule has 2 aliphatic heterocycles. The zero-order chi connectivity index (χ0) is 24.1. The lowest BCUT2D eigenvalue weighted by molar-refractivity contribution is -0.120. The maximum absolute atomic E-state index is 12.7. The van der Waals surface area contributed by atoms with Gasteiger partial charge in [-0.2, -0.15) is 0 Å². The van der Waals surface area contributed by atoms with Gasteiger partial charge in [-0.05, 0) is 67.8 Å². The number of ether oxygens (including phenoxy) is 1. The summed E-state index contributed by atoms with van der Waals surface area (Å²) < 4.78 is 5.75. The van der Waals surface area contributed by atoms with Crippen molar-refractivity contribution in [3.05, 3.63) is 84.7 Å². The molecule has 1 amide bonds. The van der Waals surface area contributed by atoms with E-state index in [9.17, 15) is 9.90 Å². The number of hydrogen-bond donors (Lipinski definition) is 2. The molecule has 5 rings (SSSR count). The third-order valence-electron chi connectivity index (χ3n) is 7.17. The average molecular weight is 473 g/mol. The van der Waals surface area contributed by atoms with Crippen LogP contribution in [-0.4, -0.2) is 63.6 Å². The van der Waals surface area contributed by atoms with Crippen molar-refractivity contribution in [1.82, 2.24) is 14.8 Å². The van der Waals surface area contributed by atoms with Crippen molar-refractivity contribution in [3.8, 4) is 11.5 Å². The van der Waals surface area contributed by atoms with Crippen LogP contribution in [0.4, 0.5) is 5.69 Å². The molecule has 1 aromatic heterocycles. The van der Waals surface area contributed by atoms with Crippen LogP contribution in [0.15, 0.2) is 79.1 Å². The summed E-state index contributed by atoms with van der Waals surface area (Å²) in [6.45, 7) is 3.44. The quantitative estimate of drug-likeness (QED) is 0.543. The van der Waals surface area contributed by atoms with Crippen LogP contribution in [0.3, 0.4) is 0 Å². The van der Waals surface area contributed by atoms with E-state index in [1.807, 2.05) is 42.5 Å². The van der Waals surface area contributed by atoms with Crippen LogP contribution in [0.1, 0.15) is 24.8 Å². The number of hydrogen-bond acceptors (Lipinski definition) is 6. The van der Waals surface area contributed by atoms with Crippen LogP contribution in [0.5, 0.6) is 11.5 Å². The summed E-state index contributed by atoms with van der Waals surface area (Å²) in [5.41, 5.74) is 1.81. The number of nitrogens with zero attached hydrogens (tertiary/aromatic N) is 3. The smallest absolute Gasteiger partial charge is 0.238 e. The van der Waals surface area contributed by atoms with Gasteiger partial charge in [0.1, 0.15) is 11.5 Å². The highest BCUT2D eigenvalue weighted by molar-refractivity contribution is 5.92. The zero-order valence-electron chi connectivity index (χ0n) is 19.8. The molecule has 7 nitrogen and oxygen atoms in total. The number of nitrogens with one attached hydrogen (secondary N) is 1. The summed E-state index contributed by atoms with van der Waals surface area (Å²) in [6.07, 6.45) is 5.85. The number of β-amino-alcohol motifs (C(OH)–C–C–N with tert-alkyl or cyclic N) is 1. The van der Waals surface area contributed by atoms with Gasteiger partial charge in [0.05, 0.1) is 18.8 Å². The number of benzene rings is 2. The Bertz CT molecular complexity index is 1110. The largest absolute Gasteiger partial charge is 0.456 e. The van der Waals surface area contributed by atoms with Crippen molar-refractivity contribution in [2.45, 2.75) is 37.5 Å². The molecule has 2 aromatic carbocycles. The fourth-order valence-electron chi connectivity index (χ4n) is 5.38. The van der Waals surface area contributed by atoms with Crippen molar-refractivity contribution >= 4 is 11.6 Å². The van der Waals surface area contributed by atoms with E-state index in [0.29, 0.717) is 23.7 Å². The fraction of sp³-hybridized carbons (Fsp3) is 0.357. The summed E-state index contributed by atoms with van der Waals surface area (Å²) in [6, 6.07) is 21.4. The van der Waals surface area contributed by atoms with Gasteiger partial charge in [-0.1, -0.05) is 30.3 Å². The number of rotatable bonds is 7. The Labute approximate surface area is 206 Å². The van der Waals surface area contributed by atoms with Crippen LogP contribution in [0, 0.1) is 0 Å². The minimum atomic E-state index is -0.473. The SMILES string of the molecule is O=C(CN1CC[C@@]2(CCCN2Cc2ccccc2)[C@@H](O)C1)Nc1ccc(Oc2cccnc2)cc1. The van der Waals surface area contributed by atoms with E-state index in [0.717, 1.165) is 38.9 Å². The third kappa shape index (κ3) is 5.53. The molecule has 3 heterocycles. The van der Waals surface area contributed by atoms with Gasteiger partial charge in [0.2, 0.25) is 5.91 Å². The average Bonchev–Trinajstić information content (AvgIpc) is 3.27. The molecule has 2 N–H and O–H groups in total. The lowest BCUT2D eigenvalue weighted by Crippen LogP contribution is -2.61. The van der Waals surface area contributed by atoms with Gasteiger partial charge in [0, 0.05) is 37.1 Å². The van der Waals surface area contributed by atoms with Crippen LogP contribution >= 0.6 is 0 Å². The van der Waals surface area contributed by atoms with Gasteiger partial charge in [-0.3, -0.25) is 19.6 Å². The molecule has 2 saturated heterocycles. The van der Waals surface area contributed by atoms with E-state index in [1.54, 1.807) is 12.4 Å². The monoisotopic (exact) mass is 472 g/mol. The molecular weight excluding hydrogens is 440 g/mol. The van der Waals surface area contributed by atoms with E-state index in [4.69, 9.17) is 4.74 Å². The molecule has 2 aliphatic rings. The number of piperidine rings is 1. The summed E-state index contributed by atoms with van der Waals surface area (Å²) in [7, 11) is 0. The van der Waals surface area contributed by atoms with Crippen molar-refractivity contribution in [1.29, 1.82) is 0 Å². The molecule has 0 saturated carbocycles. The number of carbonyl (C=O) groups is 1. The van der Waals surface area contributed by atoms with E-state index < -0.39 is 6.10 Å². The van der Waals surface area contributed by atoms with Crippen molar-refractivity contribution in [3.63, 3.8) is 0 Å². The minimum Gasteiger partial charge on any atom is -0.456 e. The molecule has 0 bridgehead atoms. The van der Waals surface area contributed by atoms with Crippen LogP contribution < -0.4 is 10.1 Å². The van der Waals surface area contributed by atoms with Crippen LogP contribution in [-0.2, 0) is 11.3 Å². The molecule has 0 aliphatic carbocycles. The Morgan fingerprint density at radius 2 is 1.86 bits per heavy atom. The van der Waals surface area contributed by atoms with Crippen molar-refractivity contribution in [2.75, 3.05) is 31.5 Å². The number of likely N-dealkylation sites (tertiary alicyclic amines) is 2. The molecule has 182 valence electrons. The number of amides is 1. The predicted octanol–water partition coefficient (Wildman–Crippen LogP) is 3.91. The maximum Gasteiger partial charge on any atom is 0.238 e. The first-order chi connectivity index (χ1) is 17.1. The van der Waals surface area contributed by atoms with Gasteiger partial charge in [-0.15, -0.1) is 0 Å². The molecule has 0 unspecified atom stereocenters. The fourth-order valence-corrected chi connectivity index (χ4v) is 5.38. The summed E-state index contributed by atoms with van der Waals surface area (Å²) >= 11 is 0. The second kappa shape index (κ2) is 10.6. The topological polar surface area (TPSA) is 77.9 Å². The number of anilines is 1. The third-order valence-corrected chi connectivity index (χ3v) is 7.17. The van der Waals surface area contributed by atoms with Gasteiger partial charge < -0.3 is 15.2 Å². The number of aliphatic hydroxyl groups is 1. The number of carbonyl (C=O) groups excluding carboxylic acids is 1. The molecule has 2 fully saturated rings. The van der Waals surface area contributed by atoms with Crippen molar-refractivity contribution in [2.24, 2.45) is 0 Å². The lowest BCUT2D eigenvalue weighted by Gasteiger charge is -2.48. The summed E-state index contributed by atoms with van der Waals surface area (Å²) in [4.78, 5) is 21.3. The highest BCUT2D eigenvalue weighted by atomic mass is 16.5. The zero-order valence-corrected chi connectivity index (χ0v) is 19.8. The standard InChI is InChI=1S/C28H32N4O3/c33-26-20-31(17-14-28(26)13-5-16-32(28)19-22-6-2-1-3-7-22)21-27(34)30-23-9-11-24(12-10-23)35-25-8-4-15-29-18-25/h1-4,6-12,15,18,26,33H,5,13-14,16-17,19-21H2,(H,30,34)/t26-,28-/m0/s1. The van der Waals surface area contributed by atoms with Crippen LogP contribution in [0.25, 0.3) is 0 Å². The lowest BCUT2D eigenvalue weighted by atomic mass is 9.82. The molecule has 2 atom stereocenters. The van der Waals surface area contributed by atoms with Crippen molar-refractivity contribution < 1.29 is 14.6 Å². The number of pyridine rings is 1. The Kier molecular flexibility index (Phi) is 7.08.